The fraction of sp³-hybridized carbons (Fsp3) is 0.240. The number of aromatic nitrogens is 2. The lowest BCUT2D eigenvalue weighted by Crippen LogP contribution is -2.32. The Bertz CT molecular complexity index is 2810. The van der Waals surface area contributed by atoms with Gasteiger partial charge in [0.15, 0.2) is 6.10 Å². The zero-order chi connectivity index (χ0) is 47.9. The molecule has 6 rings (SSSR count). The molecule has 0 aliphatic rings. The van der Waals surface area contributed by atoms with Gasteiger partial charge in [-0.25, -0.2) is 4.79 Å². The highest BCUT2D eigenvalue weighted by Crippen LogP contribution is 2.37. The Morgan fingerprint density at radius 2 is 1.10 bits per heavy atom. The Kier molecular flexibility index (Phi) is 17.6. The first-order chi connectivity index (χ1) is 32.4. The van der Waals surface area contributed by atoms with E-state index in [1.165, 1.54) is 12.4 Å². The van der Waals surface area contributed by atoms with E-state index in [2.05, 4.69) is 32.7 Å². The van der Waals surface area contributed by atoms with E-state index in [1.54, 1.807) is 48.8 Å². The molecule has 4 aromatic carbocycles. The number of nitrogens with zero attached hydrogens (tertiary/aromatic N) is 4. The molecule has 5 N–H and O–H groups in total. The second kappa shape index (κ2) is 23.9. The number of pyridine rings is 2. The number of nitrogens with one attached hydrogen (secondary N) is 2. The number of ether oxygens (including phenoxy) is 4. The molecule has 67 heavy (non-hydrogen) atoms. The Morgan fingerprint density at radius 3 is 1.54 bits per heavy atom. The number of hydrogen-bond donors (Lipinski definition) is 5. The van der Waals surface area contributed by atoms with Crippen LogP contribution in [0.15, 0.2) is 97.6 Å². The third-order valence-corrected chi connectivity index (χ3v) is 11.2. The van der Waals surface area contributed by atoms with Gasteiger partial charge < -0.3 is 49.7 Å². The predicted molar refractivity (Wildman–Crippen MR) is 249 cm³/mol. The lowest BCUT2D eigenvalue weighted by atomic mass is 9.92. The van der Waals surface area contributed by atoms with Crippen LogP contribution < -0.4 is 29.6 Å². The standard InChI is InChI=1S/C50H46Cl2N6O9/c1-30-36(28-66-48-13-46(64-26-34-9-32(15-53)17-55-19-34)38(11-43(48)51)21-57-23-40(60)25-59)5-3-7-41(30)42-8-4-6-37(31(42)2)29-67-49-14-47(65-27-35-10-33(16-54)18-56-20-35)39(12-44(49)52)22-58-24-45(61)50(62)63/h3-14,17-20,25,40,45,57-58,60-61H,21-24,26-29H2,1-2H3,(H,62,63)/t40?,45-/m0/s1. The van der Waals surface area contributed by atoms with Gasteiger partial charge in [-0.15, -0.1) is 0 Å². The molecule has 0 bridgehead atoms. The molecule has 15 nitrogen and oxygen atoms in total. The summed E-state index contributed by atoms with van der Waals surface area (Å²) in [6.45, 7) is 4.72. The maximum Gasteiger partial charge on any atom is 0.333 e. The molecule has 2 atom stereocenters. The summed E-state index contributed by atoms with van der Waals surface area (Å²) in [5, 5.41) is 53.8. The number of rotatable bonds is 23. The smallest absolute Gasteiger partial charge is 0.333 e. The van der Waals surface area contributed by atoms with Crippen LogP contribution in [0.5, 0.6) is 23.0 Å². The number of aliphatic carboxylic acids is 1. The van der Waals surface area contributed by atoms with Crippen molar-refractivity contribution in [2.45, 2.75) is 65.6 Å². The van der Waals surface area contributed by atoms with Crippen molar-refractivity contribution in [3.8, 4) is 46.3 Å². The molecule has 0 aliphatic heterocycles. The lowest BCUT2D eigenvalue weighted by Gasteiger charge is -2.19. The SMILES string of the molecule is Cc1c(COc2cc(OCc3cncc(C#N)c3)c(CNCC(O)C=O)cc2Cl)cccc1-c1cccc(COc2cc(OCc3cncc(C#N)c3)c(CNC[C@H](O)C(=O)O)cc2Cl)c1C. The van der Waals surface area contributed by atoms with Crippen LogP contribution in [0, 0.1) is 36.5 Å². The number of aliphatic hydroxyl groups excluding tert-OH is 2. The number of carboxylic acids is 1. The average Bonchev–Trinajstić information content (AvgIpc) is 3.33. The maximum absolute atomic E-state index is 11.2. The number of aliphatic hydroxyl groups is 2. The summed E-state index contributed by atoms with van der Waals surface area (Å²) in [6.07, 6.45) is 3.78. The summed E-state index contributed by atoms with van der Waals surface area (Å²) >= 11 is 13.5. The maximum atomic E-state index is 11.2. The van der Waals surface area contributed by atoms with Gasteiger partial charge in [0.1, 0.15) is 74.0 Å². The summed E-state index contributed by atoms with van der Waals surface area (Å²) in [7, 11) is 0. The van der Waals surface area contributed by atoms with E-state index >= 15 is 0 Å². The summed E-state index contributed by atoms with van der Waals surface area (Å²) < 4.78 is 25.0. The molecule has 0 radical (unpaired) electrons. The number of carbonyl (C=O) groups is 2. The molecular formula is C50H46Cl2N6O9. The highest BCUT2D eigenvalue weighted by molar-refractivity contribution is 6.32. The van der Waals surface area contributed by atoms with Gasteiger partial charge in [-0.2, -0.15) is 10.5 Å². The van der Waals surface area contributed by atoms with Crippen molar-refractivity contribution < 1.29 is 43.9 Å². The van der Waals surface area contributed by atoms with Gasteiger partial charge in [0.05, 0.1) is 21.2 Å². The predicted octanol–water partition coefficient (Wildman–Crippen LogP) is 7.31. The van der Waals surface area contributed by atoms with Crippen molar-refractivity contribution in [2.75, 3.05) is 13.1 Å². The highest BCUT2D eigenvalue weighted by Gasteiger charge is 2.18. The highest BCUT2D eigenvalue weighted by atomic mass is 35.5. The molecule has 0 aliphatic carbocycles. The minimum absolute atomic E-state index is 0.0305. The fourth-order valence-electron chi connectivity index (χ4n) is 6.90. The second-order valence-electron chi connectivity index (χ2n) is 15.3. The van der Waals surface area contributed by atoms with Crippen molar-refractivity contribution in [2.24, 2.45) is 0 Å². The molecule has 0 saturated carbocycles. The van der Waals surface area contributed by atoms with Crippen LogP contribution in [-0.4, -0.2) is 62.8 Å². The number of nitriles is 2. The number of halogens is 2. The minimum Gasteiger partial charge on any atom is -0.488 e. The van der Waals surface area contributed by atoms with Gasteiger partial charge in [-0.05, 0) is 71.5 Å². The Hall–Kier alpha value is -7.08. The van der Waals surface area contributed by atoms with Crippen molar-refractivity contribution >= 4 is 35.5 Å². The topological polar surface area (TPSA) is 229 Å². The Labute approximate surface area is 397 Å². The summed E-state index contributed by atoms with van der Waals surface area (Å²) in [4.78, 5) is 30.3. The van der Waals surface area contributed by atoms with Crippen molar-refractivity contribution in [3.05, 3.63) is 163 Å². The largest absolute Gasteiger partial charge is 0.488 e. The average molecular weight is 946 g/mol. The lowest BCUT2D eigenvalue weighted by molar-refractivity contribution is -0.146. The van der Waals surface area contributed by atoms with Gasteiger partial charge in [-0.1, -0.05) is 59.6 Å². The number of carboxylic acid groups (broad SMARTS) is 1. The molecule has 0 spiro atoms. The van der Waals surface area contributed by atoms with Crippen molar-refractivity contribution in [1.82, 2.24) is 20.6 Å². The van der Waals surface area contributed by atoms with Gasteiger partial charge >= 0.3 is 5.97 Å². The van der Waals surface area contributed by atoms with Crippen LogP contribution in [0.3, 0.4) is 0 Å². The van der Waals surface area contributed by atoms with Crippen LogP contribution in [-0.2, 0) is 49.1 Å². The first-order valence-corrected chi connectivity index (χ1v) is 21.6. The van der Waals surface area contributed by atoms with E-state index in [9.17, 15) is 30.3 Å². The third kappa shape index (κ3) is 13.5. The second-order valence-corrected chi connectivity index (χ2v) is 16.1. The fourth-order valence-corrected chi connectivity index (χ4v) is 7.39. The van der Waals surface area contributed by atoms with E-state index in [1.807, 2.05) is 50.2 Å². The Balaban J connectivity index is 1.19. The first kappa shape index (κ1) is 49.4. The Morgan fingerprint density at radius 1 is 0.657 bits per heavy atom. The van der Waals surface area contributed by atoms with Crippen molar-refractivity contribution in [3.63, 3.8) is 0 Å². The molecular weight excluding hydrogens is 899 g/mol. The van der Waals surface area contributed by atoms with Crippen LogP contribution in [0.1, 0.15) is 55.6 Å². The molecule has 344 valence electrons. The molecule has 0 fully saturated rings. The van der Waals surface area contributed by atoms with Crippen molar-refractivity contribution in [1.29, 1.82) is 10.5 Å². The molecule has 0 saturated heterocycles. The molecule has 1 unspecified atom stereocenters. The number of benzene rings is 4. The quantitative estimate of drug-likeness (QED) is 0.0397. The summed E-state index contributed by atoms with van der Waals surface area (Å²) in [5.74, 6) is 0.198. The molecule has 0 amide bonds. The molecule has 17 heteroatoms. The van der Waals surface area contributed by atoms with E-state index in [0.29, 0.717) is 67.7 Å². The van der Waals surface area contributed by atoms with Crippen LogP contribution >= 0.6 is 23.2 Å². The van der Waals surface area contributed by atoms with Crippen LogP contribution in [0.2, 0.25) is 10.0 Å². The summed E-state index contributed by atoms with van der Waals surface area (Å²) in [6, 6.07) is 26.1. The van der Waals surface area contributed by atoms with Gasteiger partial charge in [0.2, 0.25) is 0 Å². The molecule has 6 aromatic rings. The van der Waals surface area contributed by atoms with E-state index in [-0.39, 0.29) is 57.6 Å². The zero-order valence-electron chi connectivity index (χ0n) is 36.5. The normalized spacial score (nSPS) is 11.8. The van der Waals surface area contributed by atoms with Gasteiger partial charge in [-0.3, -0.25) is 9.97 Å². The third-order valence-electron chi connectivity index (χ3n) is 10.6. The van der Waals surface area contributed by atoms with Crippen LogP contribution in [0.4, 0.5) is 0 Å². The molecule has 2 aromatic heterocycles. The van der Waals surface area contributed by atoms with E-state index < -0.39 is 18.2 Å². The van der Waals surface area contributed by atoms with Gasteiger partial charge in [0, 0.05) is 85.4 Å². The number of carbonyl (C=O) groups excluding carboxylic acids is 1. The zero-order valence-corrected chi connectivity index (χ0v) is 38.0. The van der Waals surface area contributed by atoms with E-state index in [4.69, 9.17) is 47.3 Å². The minimum atomic E-state index is -1.60. The van der Waals surface area contributed by atoms with E-state index in [0.717, 1.165) is 33.4 Å². The number of hydrogen-bond acceptors (Lipinski definition) is 14. The monoisotopic (exact) mass is 944 g/mol. The summed E-state index contributed by atoms with van der Waals surface area (Å²) in [5.41, 5.74) is 9.08. The first-order valence-electron chi connectivity index (χ1n) is 20.8. The van der Waals surface area contributed by atoms with Gasteiger partial charge in [0.25, 0.3) is 0 Å². The molecule has 2 heterocycles. The number of aldehydes is 1. The van der Waals surface area contributed by atoms with Crippen LogP contribution in [0.25, 0.3) is 11.1 Å².